The highest BCUT2D eigenvalue weighted by atomic mass is 19.1. The Kier molecular flexibility index (Phi) is 5.53. The van der Waals surface area contributed by atoms with Crippen LogP contribution in [0.5, 0.6) is 0 Å². The smallest absolute Gasteiger partial charge is 0.270 e. The second-order valence-corrected chi connectivity index (χ2v) is 5.91. The molecule has 0 atom stereocenters. The molecule has 0 saturated heterocycles. The Morgan fingerprint density at radius 1 is 1.04 bits per heavy atom. The largest absolute Gasteiger partial charge is 0.350 e. The van der Waals surface area contributed by atoms with Gasteiger partial charge >= 0.3 is 0 Å². The minimum atomic E-state index is -0.276. The Hall–Kier alpha value is -3.28. The molecule has 5 nitrogen and oxygen atoms in total. The molecule has 132 valence electrons. The van der Waals surface area contributed by atoms with E-state index in [2.05, 4.69) is 20.6 Å². The summed E-state index contributed by atoms with van der Waals surface area (Å²) >= 11 is 0. The van der Waals surface area contributed by atoms with E-state index in [1.54, 1.807) is 18.2 Å². The number of anilines is 2. The van der Waals surface area contributed by atoms with Gasteiger partial charge in [0.25, 0.3) is 5.91 Å². The summed E-state index contributed by atoms with van der Waals surface area (Å²) < 4.78 is 12.9. The van der Waals surface area contributed by atoms with Crippen molar-refractivity contribution in [1.29, 1.82) is 0 Å². The van der Waals surface area contributed by atoms with Crippen molar-refractivity contribution in [3.63, 3.8) is 0 Å². The fourth-order valence-electron chi connectivity index (χ4n) is 2.40. The lowest BCUT2D eigenvalue weighted by Crippen LogP contribution is -2.26. The first-order chi connectivity index (χ1) is 12.6. The van der Waals surface area contributed by atoms with E-state index in [4.69, 9.17) is 0 Å². The molecule has 26 heavy (non-hydrogen) atoms. The van der Waals surface area contributed by atoms with Gasteiger partial charge < -0.3 is 10.6 Å². The molecule has 1 heterocycles. The molecule has 6 heteroatoms. The maximum absolute atomic E-state index is 12.9. The molecule has 1 aromatic heterocycles. The predicted molar refractivity (Wildman–Crippen MR) is 98.9 cm³/mol. The van der Waals surface area contributed by atoms with Crippen LogP contribution in [-0.2, 0) is 6.42 Å². The van der Waals surface area contributed by atoms with E-state index >= 15 is 0 Å². The van der Waals surface area contributed by atoms with Gasteiger partial charge in [0.05, 0.1) is 0 Å². The average Bonchev–Trinajstić information content (AvgIpc) is 2.65. The van der Waals surface area contributed by atoms with Crippen LogP contribution < -0.4 is 10.6 Å². The van der Waals surface area contributed by atoms with Gasteiger partial charge in [0, 0.05) is 18.3 Å². The number of hydrogen-bond donors (Lipinski definition) is 2. The van der Waals surface area contributed by atoms with Crippen molar-refractivity contribution in [3.05, 3.63) is 83.6 Å². The minimum Gasteiger partial charge on any atom is -0.350 e. The molecular weight excluding hydrogens is 331 g/mol. The van der Waals surface area contributed by atoms with Crippen molar-refractivity contribution in [2.45, 2.75) is 13.3 Å². The summed E-state index contributed by atoms with van der Waals surface area (Å²) in [6, 6.07) is 15.7. The molecule has 2 aromatic carbocycles. The van der Waals surface area contributed by atoms with Gasteiger partial charge in [0.2, 0.25) is 0 Å². The summed E-state index contributed by atoms with van der Waals surface area (Å²) in [4.78, 5) is 20.4. The summed E-state index contributed by atoms with van der Waals surface area (Å²) in [5.41, 5.74) is 3.29. The van der Waals surface area contributed by atoms with Crippen molar-refractivity contribution in [2.75, 3.05) is 11.9 Å². The highest BCUT2D eigenvalue weighted by molar-refractivity contribution is 5.92. The van der Waals surface area contributed by atoms with E-state index in [1.165, 1.54) is 24.0 Å². The lowest BCUT2D eigenvalue weighted by atomic mass is 10.1. The molecule has 0 spiro atoms. The van der Waals surface area contributed by atoms with E-state index in [0.29, 0.717) is 18.8 Å². The highest BCUT2D eigenvalue weighted by Crippen LogP contribution is 2.15. The maximum atomic E-state index is 12.9. The standard InChI is InChI=1S/C20H19FN4O/c1-14-2-8-17(9-3-14)25-19-12-18(23-13-24-19)20(26)22-11-10-15-4-6-16(21)7-5-15/h2-9,12-13H,10-11H2,1H3,(H,22,26)(H,23,24,25). The third-order valence-corrected chi connectivity index (χ3v) is 3.84. The number of aromatic nitrogens is 2. The zero-order chi connectivity index (χ0) is 18.4. The zero-order valence-electron chi connectivity index (χ0n) is 14.4. The van der Waals surface area contributed by atoms with Crippen molar-refractivity contribution in [1.82, 2.24) is 15.3 Å². The Morgan fingerprint density at radius 3 is 2.50 bits per heavy atom. The molecule has 0 aliphatic heterocycles. The summed E-state index contributed by atoms with van der Waals surface area (Å²) in [5, 5.41) is 5.96. The van der Waals surface area contributed by atoms with Gasteiger partial charge in [0.1, 0.15) is 23.7 Å². The highest BCUT2D eigenvalue weighted by Gasteiger charge is 2.08. The first-order valence-electron chi connectivity index (χ1n) is 8.28. The topological polar surface area (TPSA) is 66.9 Å². The summed E-state index contributed by atoms with van der Waals surface area (Å²) in [6.07, 6.45) is 1.97. The van der Waals surface area contributed by atoms with Gasteiger partial charge in [-0.05, 0) is 43.2 Å². The second kappa shape index (κ2) is 8.20. The van der Waals surface area contributed by atoms with Gasteiger partial charge in [-0.15, -0.1) is 0 Å². The van der Waals surface area contributed by atoms with Crippen molar-refractivity contribution in [2.24, 2.45) is 0 Å². The number of amides is 1. The van der Waals surface area contributed by atoms with E-state index in [9.17, 15) is 9.18 Å². The molecule has 2 N–H and O–H groups in total. The number of halogens is 1. The maximum Gasteiger partial charge on any atom is 0.270 e. The molecule has 0 unspecified atom stereocenters. The van der Waals surface area contributed by atoms with E-state index in [-0.39, 0.29) is 17.4 Å². The van der Waals surface area contributed by atoms with Crippen LogP contribution in [0.2, 0.25) is 0 Å². The molecule has 0 radical (unpaired) electrons. The van der Waals surface area contributed by atoms with Crippen LogP contribution in [0.3, 0.4) is 0 Å². The molecule has 3 rings (SSSR count). The summed E-state index contributed by atoms with van der Waals surface area (Å²) in [5.74, 6) is 0.00128. The van der Waals surface area contributed by atoms with Crippen LogP contribution in [0.15, 0.2) is 60.9 Å². The number of carbonyl (C=O) groups is 1. The normalized spacial score (nSPS) is 10.4. The SMILES string of the molecule is Cc1ccc(Nc2cc(C(=O)NCCc3ccc(F)cc3)ncn2)cc1. The van der Waals surface area contributed by atoms with Gasteiger partial charge in [-0.2, -0.15) is 0 Å². The third kappa shape index (κ3) is 4.86. The molecule has 1 amide bonds. The van der Waals surface area contributed by atoms with E-state index in [0.717, 1.165) is 11.3 Å². The van der Waals surface area contributed by atoms with Gasteiger partial charge in [-0.3, -0.25) is 4.79 Å². The number of hydrogen-bond acceptors (Lipinski definition) is 4. The third-order valence-electron chi connectivity index (χ3n) is 3.84. The van der Waals surface area contributed by atoms with E-state index in [1.807, 2.05) is 31.2 Å². The Balaban J connectivity index is 1.57. The number of carbonyl (C=O) groups excluding carboxylic acids is 1. The lowest BCUT2D eigenvalue weighted by Gasteiger charge is -2.08. The van der Waals surface area contributed by atoms with Crippen LogP contribution in [0.1, 0.15) is 21.6 Å². The first kappa shape index (κ1) is 17.5. The van der Waals surface area contributed by atoms with E-state index < -0.39 is 0 Å². The fraction of sp³-hybridized carbons (Fsp3) is 0.150. The Bertz CT molecular complexity index is 879. The van der Waals surface area contributed by atoms with Crippen LogP contribution in [0.4, 0.5) is 15.9 Å². The molecular formula is C20H19FN4O. The predicted octanol–water partition coefficient (Wildman–Crippen LogP) is 3.64. The number of nitrogens with one attached hydrogen (secondary N) is 2. The quantitative estimate of drug-likeness (QED) is 0.712. The van der Waals surface area contributed by atoms with Gasteiger partial charge in [-0.1, -0.05) is 29.8 Å². The molecule has 0 aliphatic carbocycles. The average molecular weight is 350 g/mol. The number of nitrogens with zero attached hydrogens (tertiary/aromatic N) is 2. The summed E-state index contributed by atoms with van der Waals surface area (Å²) in [6.45, 7) is 2.46. The van der Waals surface area contributed by atoms with Gasteiger partial charge in [0.15, 0.2) is 0 Å². The Morgan fingerprint density at radius 2 is 1.77 bits per heavy atom. The second-order valence-electron chi connectivity index (χ2n) is 5.91. The van der Waals surface area contributed by atoms with Gasteiger partial charge in [-0.25, -0.2) is 14.4 Å². The van der Waals surface area contributed by atoms with Crippen LogP contribution in [0, 0.1) is 12.7 Å². The molecule has 0 fully saturated rings. The number of aryl methyl sites for hydroxylation is 1. The monoisotopic (exact) mass is 350 g/mol. The number of rotatable bonds is 6. The molecule has 3 aromatic rings. The molecule has 0 aliphatic rings. The summed E-state index contributed by atoms with van der Waals surface area (Å²) in [7, 11) is 0. The van der Waals surface area contributed by atoms with Crippen LogP contribution in [0.25, 0.3) is 0 Å². The van der Waals surface area contributed by atoms with Crippen molar-refractivity contribution < 1.29 is 9.18 Å². The fourth-order valence-corrected chi connectivity index (χ4v) is 2.40. The number of benzene rings is 2. The lowest BCUT2D eigenvalue weighted by molar-refractivity contribution is 0.0949. The Labute approximate surface area is 151 Å². The zero-order valence-corrected chi connectivity index (χ0v) is 14.4. The van der Waals surface area contributed by atoms with Crippen LogP contribution in [-0.4, -0.2) is 22.4 Å². The van der Waals surface area contributed by atoms with Crippen molar-refractivity contribution >= 4 is 17.4 Å². The minimum absolute atomic E-state index is 0.271. The first-order valence-corrected chi connectivity index (χ1v) is 8.28. The van der Waals surface area contributed by atoms with Crippen molar-refractivity contribution in [3.8, 4) is 0 Å². The molecule has 0 bridgehead atoms. The van der Waals surface area contributed by atoms with Crippen LogP contribution >= 0.6 is 0 Å². The molecule has 0 saturated carbocycles.